The van der Waals surface area contributed by atoms with Gasteiger partial charge in [0.1, 0.15) is 0 Å². The molecule has 3 rings (SSSR count). The number of nitrogens with one attached hydrogen (secondary N) is 1. The molecule has 0 amide bonds. The third-order valence-electron chi connectivity index (χ3n) is 4.36. The summed E-state index contributed by atoms with van der Waals surface area (Å²) >= 11 is 0. The van der Waals surface area contributed by atoms with Crippen molar-refractivity contribution >= 4 is 0 Å². The number of rotatable bonds is 6. The molecule has 1 aliphatic carbocycles. The quantitative estimate of drug-likeness (QED) is 0.883. The van der Waals surface area contributed by atoms with E-state index in [0.717, 1.165) is 24.4 Å². The molecule has 2 aromatic heterocycles. The Labute approximate surface area is 125 Å². The van der Waals surface area contributed by atoms with E-state index in [-0.39, 0.29) is 0 Å². The molecule has 1 fully saturated rings. The zero-order chi connectivity index (χ0) is 14.7. The molecule has 0 saturated heterocycles. The lowest BCUT2D eigenvalue weighted by atomic mass is 9.95. The lowest BCUT2D eigenvalue weighted by Gasteiger charge is -2.22. The monoisotopic (exact) mass is 289 g/mol. The number of furan rings is 1. The summed E-state index contributed by atoms with van der Waals surface area (Å²) in [6.45, 7) is 5.10. The smallest absolute Gasteiger partial charge is 0.238 e. The van der Waals surface area contributed by atoms with E-state index < -0.39 is 0 Å². The van der Waals surface area contributed by atoms with E-state index in [9.17, 15) is 0 Å². The fourth-order valence-electron chi connectivity index (χ4n) is 3.25. The van der Waals surface area contributed by atoms with Crippen molar-refractivity contribution in [3.8, 4) is 11.6 Å². The van der Waals surface area contributed by atoms with Crippen molar-refractivity contribution in [2.75, 3.05) is 6.54 Å². The van der Waals surface area contributed by atoms with Gasteiger partial charge in [-0.05, 0) is 43.9 Å². The van der Waals surface area contributed by atoms with Crippen LogP contribution >= 0.6 is 0 Å². The molecule has 21 heavy (non-hydrogen) atoms. The van der Waals surface area contributed by atoms with Gasteiger partial charge in [-0.2, -0.15) is 4.98 Å². The molecule has 1 N–H and O–H groups in total. The van der Waals surface area contributed by atoms with Crippen molar-refractivity contribution in [3.63, 3.8) is 0 Å². The van der Waals surface area contributed by atoms with E-state index in [1.807, 2.05) is 13.0 Å². The number of aromatic nitrogens is 2. The Morgan fingerprint density at radius 1 is 1.38 bits per heavy atom. The molecule has 5 nitrogen and oxygen atoms in total. The fourth-order valence-corrected chi connectivity index (χ4v) is 3.25. The molecule has 0 radical (unpaired) electrons. The highest BCUT2D eigenvalue weighted by Gasteiger charge is 2.26. The van der Waals surface area contributed by atoms with Gasteiger partial charge in [0.05, 0.1) is 6.26 Å². The van der Waals surface area contributed by atoms with Crippen LogP contribution in [0.25, 0.3) is 11.6 Å². The van der Waals surface area contributed by atoms with Crippen LogP contribution in [0, 0.1) is 12.8 Å². The van der Waals surface area contributed by atoms with Gasteiger partial charge < -0.3 is 14.3 Å². The van der Waals surface area contributed by atoms with Crippen LogP contribution in [0.3, 0.4) is 0 Å². The molecule has 5 heteroatoms. The van der Waals surface area contributed by atoms with Gasteiger partial charge in [0, 0.05) is 12.5 Å². The van der Waals surface area contributed by atoms with Gasteiger partial charge in [-0.1, -0.05) is 24.9 Å². The van der Waals surface area contributed by atoms with E-state index in [1.54, 1.807) is 6.26 Å². The predicted molar refractivity (Wildman–Crippen MR) is 79.9 cm³/mol. The van der Waals surface area contributed by atoms with E-state index in [2.05, 4.69) is 22.4 Å². The van der Waals surface area contributed by atoms with Crippen molar-refractivity contribution in [2.45, 2.75) is 52.0 Å². The molecule has 2 heterocycles. The average molecular weight is 289 g/mol. The predicted octanol–water partition coefficient (Wildman–Crippen LogP) is 3.35. The van der Waals surface area contributed by atoms with Crippen LogP contribution in [0.15, 0.2) is 21.3 Å². The van der Waals surface area contributed by atoms with Crippen LogP contribution in [0.4, 0.5) is 0 Å². The van der Waals surface area contributed by atoms with Crippen molar-refractivity contribution in [3.05, 3.63) is 23.8 Å². The minimum absolute atomic E-state index is 0.434. The first-order valence-corrected chi connectivity index (χ1v) is 7.88. The highest BCUT2D eigenvalue weighted by Crippen LogP contribution is 2.29. The summed E-state index contributed by atoms with van der Waals surface area (Å²) in [4.78, 5) is 4.50. The molecule has 1 aliphatic rings. The second-order valence-electron chi connectivity index (χ2n) is 5.86. The maximum absolute atomic E-state index is 5.42. The third kappa shape index (κ3) is 3.18. The largest absolute Gasteiger partial charge is 0.461 e. The Hall–Kier alpha value is -1.62. The Bertz CT molecular complexity index is 570. The summed E-state index contributed by atoms with van der Waals surface area (Å²) in [5, 5.41) is 7.63. The van der Waals surface area contributed by atoms with Crippen LogP contribution in [-0.2, 0) is 6.42 Å². The Morgan fingerprint density at radius 3 is 2.86 bits per heavy atom. The van der Waals surface area contributed by atoms with Crippen LogP contribution in [0.1, 0.15) is 44.1 Å². The van der Waals surface area contributed by atoms with Crippen LogP contribution in [0.5, 0.6) is 0 Å². The first kappa shape index (κ1) is 14.3. The van der Waals surface area contributed by atoms with Crippen molar-refractivity contribution in [1.29, 1.82) is 0 Å². The molecule has 0 spiro atoms. The number of nitrogens with zero attached hydrogens (tertiary/aromatic N) is 2. The lowest BCUT2D eigenvalue weighted by molar-refractivity contribution is 0.311. The molecule has 1 atom stereocenters. The molecule has 1 saturated carbocycles. The molecule has 0 bridgehead atoms. The highest BCUT2D eigenvalue weighted by atomic mass is 16.5. The van der Waals surface area contributed by atoms with Crippen LogP contribution < -0.4 is 5.32 Å². The minimum atomic E-state index is 0.434. The number of hydrogen-bond acceptors (Lipinski definition) is 5. The number of aryl methyl sites for hydroxylation is 1. The van der Waals surface area contributed by atoms with Crippen LogP contribution in [0.2, 0.25) is 0 Å². The summed E-state index contributed by atoms with van der Waals surface area (Å²) in [7, 11) is 0. The Balaban J connectivity index is 1.71. The normalized spacial score (nSPS) is 17.4. The second kappa shape index (κ2) is 6.43. The Kier molecular flexibility index (Phi) is 4.39. The van der Waals surface area contributed by atoms with Crippen molar-refractivity contribution in [1.82, 2.24) is 15.5 Å². The first-order chi connectivity index (χ1) is 10.3. The number of likely N-dealkylation sites (N-methyl/N-ethyl adjacent to an activating group) is 1. The lowest BCUT2D eigenvalue weighted by Crippen LogP contribution is -2.37. The van der Waals surface area contributed by atoms with Gasteiger partial charge in [0.2, 0.25) is 11.7 Å². The molecule has 0 aliphatic heterocycles. The minimum Gasteiger partial charge on any atom is -0.461 e. The molecule has 0 aromatic carbocycles. The fraction of sp³-hybridized carbons (Fsp3) is 0.625. The SMILES string of the molecule is CCNC(Cc1nc(-c2occc2C)no1)C1CCCC1. The number of hydrogen-bond donors (Lipinski definition) is 1. The maximum Gasteiger partial charge on any atom is 0.238 e. The molecule has 2 aromatic rings. The molecule has 1 unspecified atom stereocenters. The van der Waals surface area contributed by atoms with E-state index in [0.29, 0.717) is 23.5 Å². The maximum atomic E-state index is 5.42. The summed E-state index contributed by atoms with van der Waals surface area (Å²) in [6, 6.07) is 2.34. The Morgan fingerprint density at radius 2 is 2.19 bits per heavy atom. The van der Waals surface area contributed by atoms with E-state index >= 15 is 0 Å². The van der Waals surface area contributed by atoms with Gasteiger partial charge in [0.25, 0.3) is 0 Å². The van der Waals surface area contributed by atoms with Gasteiger partial charge >= 0.3 is 0 Å². The van der Waals surface area contributed by atoms with E-state index in [1.165, 1.54) is 25.7 Å². The molecule has 114 valence electrons. The standard InChI is InChI=1S/C16H23N3O2/c1-3-17-13(12-6-4-5-7-12)10-14-18-16(19-21-14)15-11(2)8-9-20-15/h8-9,12-13,17H,3-7,10H2,1-2H3. The van der Waals surface area contributed by atoms with Crippen molar-refractivity contribution in [2.24, 2.45) is 5.92 Å². The zero-order valence-corrected chi connectivity index (χ0v) is 12.8. The molecular formula is C16H23N3O2. The summed E-state index contributed by atoms with van der Waals surface area (Å²) in [6.07, 6.45) is 7.73. The highest BCUT2D eigenvalue weighted by molar-refractivity contribution is 5.50. The second-order valence-corrected chi connectivity index (χ2v) is 5.86. The van der Waals surface area contributed by atoms with Crippen molar-refractivity contribution < 1.29 is 8.94 Å². The first-order valence-electron chi connectivity index (χ1n) is 7.88. The van der Waals surface area contributed by atoms with Gasteiger partial charge in [-0.25, -0.2) is 0 Å². The summed E-state index contributed by atoms with van der Waals surface area (Å²) in [5.41, 5.74) is 1.03. The summed E-state index contributed by atoms with van der Waals surface area (Å²) in [5.74, 6) is 2.67. The van der Waals surface area contributed by atoms with E-state index in [4.69, 9.17) is 8.94 Å². The van der Waals surface area contributed by atoms with Crippen LogP contribution in [-0.4, -0.2) is 22.7 Å². The van der Waals surface area contributed by atoms with Gasteiger partial charge in [-0.15, -0.1) is 0 Å². The molecular weight excluding hydrogens is 266 g/mol. The van der Waals surface area contributed by atoms with Gasteiger partial charge in [0.15, 0.2) is 5.76 Å². The third-order valence-corrected chi connectivity index (χ3v) is 4.36. The average Bonchev–Trinajstić information content (AvgIpc) is 3.18. The summed E-state index contributed by atoms with van der Waals surface area (Å²) < 4.78 is 10.8. The topological polar surface area (TPSA) is 64.1 Å². The van der Waals surface area contributed by atoms with Gasteiger partial charge in [-0.3, -0.25) is 0 Å². The zero-order valence-electron chi connectivity index (χ0n) is 12.8.